The smallest absolute Gasteiger partial charge is 0.416 e. The number of benzene rings is 1. The second-order valence-electron chi connectivity index (χ2n) is 4.33. The van der Waals surface area contributed by atoms with Crippen molar-refractivity contribution in [1.29, 1.82) is 0 Å². The number of aryl methyl sites for hydroxylation is 1. The number of rotatable bonds is 5. The Balaban J connectivity index is 1.97. The van der Waals surface area contributed by atoms with Crippen LogP contribution in [-0.2, 0) is 25.7 Å². The van der Waals surface area contributed by atoms with E-state index in [1.807, 2.05) is 6.92 Å². The normalized spacial score (nSPS) is 11.8. The maximum Gasteiger partial charge on any atom is 0.416 e. The summed E-state index contributed by atoms with van der Waals surface area (Å²) in [6, 6.07) is 5.51. The molecule has 0 saturated carbocycles. The van der Waals surface area contributed by atoms with Gasteiger partial charge in [-0.25, -0.2) is 4.98 Å². The summed E-state index contributed by atoms with van der Waals surface area (Å²) in [5.41, 5.74) is -0.406. The first kappa shape index (κ1) is 14.6. The zero-order valence-corrected chi connectivity index (χ0v) is 11.0. The third-order valence-corrected chi connectivity index (χ3v) is 2.86. The molecule has 108 valence electrons. The predicted octanol–water partition coefficient (Wildman–Crippen LogP) is 3.55. The first-order valence-corrected chi connectivity index (χ1v) is 6.30. The minimum atomic E-state index is -4.34. The molecule has 2 rings (SSSR count). The molecule has 20 heavy (non-hydrogen) atoms. The molecule has 0 spiro atoms. The van der Waals surface area contributed by atoms with Gasteiger partial charge in [0, 0.05) is 13.0 Å². The summed E-state index contributed by atoms with van der Waals surface area (Å²) in [5, 5.41) is 2.91. The molecule has 0 bridgehead atoms. The molecule has 0 aliphatic carbocycles. The Morgan fingerprint density at radius 2 is 1.95 bits per heavy atom. The van der Waals surface area contributed by atoms with Crippen molar-refractivity contribution in [3.05, 3.63) is 53.2 Å². The van der Waals surface area contributed by atoms with Gasteiger partial charge in [-0.2, -0.15) is 13.2 Å². The van der Waals surface area contributed by atoms with E-state index in [0.29, 0.717) is 12.4 Å². The van der Waals surface area contributed by atoms with Gasteiger partial charge in [0.05, 0.1) is 18.3 Å². The highest BCUT2D eigenvalue weighted by molar-refractivity contribution is 5.29. The number of hydrogen-bond donors (Lipinski definition) is 1. The lowest BCUT2D eigenvalue weighted by Crippen LogP contribution is -2.17. The Labute approximate surface area is 114 Å². The zero-order chi connectivity index (χ0) is 14.6. The summed E-state index contributed by atoms with van der Waals surface area (Å²) in [6.45, 7) is 2.35. The average molecular weight is 284 g/mol. The number of oxazole rings is 1. The summed E-state index contributed by atoms with van der Waals surface area (Å²) in [7, 11) is 0. The number of aromatic nitrogens is 1. The Bertz CT molecular complexity index is 564. The Kier molecular flexibility index (Phi) is 4.44. The van der Waals surface area contributed by atoms with E-state index in [1.54, 1.807) is 12.3 Å². The molecule has 1 aromatic carbocycles. The van der Waals surface area contributed by atoms with E-state index in [1.165, 1.54) is 12.1 Å². The van der Waals surface area contributed by atoms with Gasteiger partial charge in [-0.3, -0.25) is 0 Å². The van der Waals surface area contributed by atoms with Gasteiger partial charge in [0.2, 0.25) is 5.89 Å². The van der Waals surface area contributed by atoms with Crippen LogP contribution in [0.3, 0.4) is 0 Å². The molecule has 0 radical (unpaired) electrons. The predicted molar refractivity (Wildman–Crippen MR) is 67.9 cm³/mol. The van der Waals surface area contributed by atoms with Gasteiger partial charge in [0.1, 0.15) is 5.76 Å². The van der Waals surface area contributed by atoms with Crippen LogP contribution in [0.5, 0.6) is 0 Å². The highest BCUT2D eigenvalue weighted by Crippen LogP contribution is 2.31. The third kappa shape index (κ3) is 3.60. The molecule has 0 aliphatic heterocycles. The van der Waals surface area contributed by atoms with Crippen LogP contribution in [0, 0.1) is 0 Å². The minimum absolute atomic E-state index is 0.111. The van der Waals surface area contributed by atoms with E-state index in [9.17, 15) is 13.2 Å². The SMILES string of the molecule is CCc1cnc(CNCc2ccccc2C(F)(F)F)o1. The van der Waals surface area contributed by atoms with Crippen molar-refractivity contribution in [2.45, 2.75) is 32.6 Å². The molecular weight excluding hydrogens is 269 g/mol. The lowest BCUT2D eigenvalue weighted by molar-refractivity contribution is -0.138. The fourth-order valence-corrected chi connectivity index (χ4v) is 1.85. The molecule has 0 fully saturated rings. The van der Waals surface area contributed by atoms with Crippen LogP contribution in [0.4, 0.5) is 13.2 Å². The van der Waals surface area contributed by atoms with Gasteiger partial charge in [-0.05, 0) is 11.6 Å². The van der Waals surface area contributed by atoms with E-state index in [4.69, 9.17) is 4.42 Å². The average Bonchev–Trinajstić information content (AvgIpc) is 2.86. The second-order valence-corrected chi connectivity index (χ2v) is 4.33. The maximum atomic E-state index is 12.8. The van der Waals surface area contributed by atoms with Crippen molar-refractivity contribution in [3.8, 4) is 0 Å². The standard InChI is InChI=1S/C14H15F3N2O/c1-2-11-8-19-13(20-11)9-18-7-10-5-3-4-6-12(10)14(15,16)17/h3-6,8,18H,2,7,9H2,1H3. The highest BCUT2D eigenvalue weighted by Gasteiger charge is 2.32. The number of nitrogens with zero attached hydrogens (tertiary/aromatic N) is 1. The van der Waals surface area contributed by atoms with Crippen molar-refractivity contribution < 1.29 is 17.6 Å². The molecule has 0 aliphatic rings. The molecule has 0 saturated heterocycles. The molecule has 1 heterocycles. The quantitative estimate of drug-likeness (QED) is 0.912. The minimum Gasteiger partial charge on any atom is -0.444 e. The summed E-state index contributed by atoms with van der Waals surface area (Å²) in [5.74, 6) is 1.24. The first-order valence-electron chi connectivity index (χ1n) is 6.30. The molecule has 6 heteroatoms. The van der Waals surface area contributed by atoms with Crippen molar-refractivity contribution in [2.24, 2.45) is 0 Å². The fraction of sp³-hybridized carbons (Fsp3) is 0.357. The van der Waals surface area contributed by atoms with Crippen LogP contribution < -0.4 is 5.32 Å². The number of alkyl halides is 3. The number of hydrogen-bond acceptors (Lipinski definition) is 3. The summed E-state index contributed by atoms with van der Waals surface area (Å²) < 4.78 is 43.7. The number of halogens is 3. The summed E-state index contributed by atoms with van der Waals surface area (Å²) >= 11 is 0. The van der Waals surface area contributed by atoms with E-state index < -0.39 is 11.7 Å². The van der Waals surface area contributed by atoms with Crippen molar-refractivity contribution >= 4 is 0 Å². The molecule has 0 amide bonds. The van der Waals surface area contributed by atoms with Crippen LogP contribution in [0.15, 0.2) is 34.9 Å². The molecule has 0 unspecified atom stereocenters. The Morgan fingerprint density at radius 3 is 2.60 bits per heavy atom. The Hall–Kier alpha value is -1.82. The van der Waals surface area contributed by atoms with E-state index in [0.717, 1.165) is 18.2 Å². The van der Waals surface area contributed by atoms with E-state index in [-0.39, 0.29) is 12.1 Å². The van der Waals surface area contributed by atoms with Gasteiger partial charge in [-0.1, -0.05) is 25.1 Å². The summed E-state index contributed by atoms with van der Waals surface area (Å²) in [4.78, 5) is 4.04. The van der Waals surface area contributed by atoms with Gasteiger partial charge in [-0.15, -0.1) is 0 Å². The first-order chi connectivity index (χ1) is 9.50. The lowest BCUT2D eigenvalue weighted by Gasteiger charge is -2.12. The van der Waals surface area contributed by atoms with Gasteiger partial charge < -0.3 is 9.73 Å². The topological polar surface area (TPSA) is 38.1 Å². The highest BCUT2D eigenvalue weighted by atomic mass is 19.4. The van der Waals surface area contributed by atoms with Crippen molar-refractivity contribution in [2.75, 3.05) is 0 Å². The Morgan fingerprint density at radius 1 is 1.20 bits per heavy atom. The molecule has 1 N–H and O–H groups in total. The van der Waals surface area contributed by atoms with Crippen LogP contribution >= 0.6 is 0 Å². The van der Waals surface area contributed by atoms with Gasteiger partial charge in [0.15, 0.2) is 0 Å². The van der Waals surface area contributed by atoms with Crippen LogP contribution in [0.25, 0.3) is 0 Å². The van der Waals surface area contributed by atoms with Crippen LogP contribution in [0.2, 0.25) is 0 Å². The lowest BCUT2D eigenvalue weighted by atomic mass is 10.1. The third-order valence-electron chi connectivity index (χ3n) is 2.86. The van der Waals surface area contributed by atoms with E-state index in [2.05, 4.69) is 10.3 Å². The molecule has 1 aromatic heterocycles. The largest absolute Gasteiger partial charge is 0.444 e. The van der Waals surface area contributed by atoms with Gasteiger partial charge in [0.25, 0.3) is 0 Å². The summed E-state index contributed by atoms with van der Waals surface area (Å²) in [6.07, 6.45) is -1.97. The number of nitrogens with one attached hydrogen (secondary N) is 1. The molecule has 3 nitrogen and oxygen atoms in total. The maximum absolute atomic E-state index is 12.8. The molecular formula is C14H15F3N2O. The monoisotopic (exact) mass is 284 g/mol. The van der Waals surface area contributed by atoms with Crippen LogP contribution in [0.1, 0.15) is 29.7 Å². The zero-order valence-electron chi connectivity index (χ0n) is 11.0. The fourth-order valence-electron chi connectivity index (χ4n) is 1.85. The molecule has 2 aromatic rings. The van der Waals surface area contributed by atoms with Crippen LogP contribution in [-0.4, -0.2) is 4.98 Å². The van der Waals surface area contributed by atoms with E-state index >= 15 is 0 Å². The molecule has 0 atom stereocenters. The second kappa shape index (κ2) is 6.09. The van der Waals surface area contributed by atoms with Crippen molar-refractivity contribution in [3.63, 3.8) is 0 Å². The van der Waals surface area contributed by atoms with Gasteiger partial charge >= 0.3 is 6.18 Å². The van der Waals surface area contributed by atoms with Crippen molar-refractivity contribution in [1.82, 2.24) is 10.3 Å².